The molecule has 1 amide bonds. The van der Waals surface area contributed by atoms with Gasteiger partial charge in [0.25, 0.3) is 5.91 Å². The molecule has 0 unspecified atom stereocenters. The molecule has 1 aliphatic rings. The predicted octanol–water partition coefficient (Wildman–Crippen LogP) is -1.22. The maximum atomic E-state index is 11.7. The van der Waals surface area contributed by atoms with Crippen molar-refractivity contribution in [1.82, 2.24) is 25.4 Å². The number of aromatic nitrogens is 3. The van der Waals surface area contributed by atoms with E-state index in [2.05, 4.69) is 20.5 Å². The summed E-state index contributed by atoms with van der Waals surface area (Å²) in [6, 6.07) is -0.410. The Bertz CT molecular complexity index is 433. The van der Waals surface area contributed by atoms with Crippen LogP contribution in [0.1, 0.15) is 17.0 Å². The lowest BCUT2D eigenvalue weighted by molar-refractivity contribution is -0.145. The Hall–Kier alpha value is -1.96. The number of nitrogens with zero attached hydrogens (tertiary/aromatic N) is 3. The number of ether oxygens (including phenoxy) is 1. The Kier molecular flexibility index (Phi) is 3.56. The third kappa shape index (κ3) is 2.48. The number of likely N-dealkylation sites (N-methyl/N-ethyl adjacent to an activating group) is 1. The quantitative estimate of drug-likeness (QED) is 0.655. The summed E-state index contributed by atoms with van der Waals surface area (Å²) in [6.07, 6.45) is 1.80. The molecular formula is C10H15N5O3. The van der Waals surface area contributed by atoms with E-state index in [1.165, 1.54) is 13.4 Å². The van der Waals surface area contributed by atoms with Crippen LogP contribution in [-0.2, 0) is 9.53 Å². The van der Waals surface area contributed by atoms with Gasteiger partial charge in [0, 0.05) is 12.6 Å². The lowest BCUT2D eigenvalue weighted by atomic mass is 10.1. The average molecular weight is 253 g/mol. The van der Waals surface area contributed by atoms with E-state index < -0.39 is 0 Å². The van der Waals surface area contributed by atoms with E-state index in [0.29, 0.717) is 13.0 Å². The SMILES string of the molecule is COC(=O)[C@@H]1C[C@H](NC(=O)c2ncn[nH]2)CN1C. The number of carbonyl (C=O) groups excluding carboxylic acids is 2. The maximum Gasteiger partial charge on any atom is 0.323 e. The molecule has 2 atom stereocenters. The van der Waals surface area contributed by atoms with E-state index in [1.54, 1.807) is 0 Å². The van der Waals surface area contributed by atoms with Gasteiger partial charge < -0.3 is 10.1 Å². The number of H-pyrrole nitrogens is 1. The van der Waals surface area contributed by atoms with Crippen LogP contribution in [0.2, 0.25) is 0 Å². The first-order chi connectivity index (χ1) is 8.61. The molecule has 2 N–H and O–H groups in total. The standard InChI is InChI=1S/C10H15N5O3/c1-15-4-6(3-7(15)10(17)18-2)13-9(16)8-11-5-12-14-8/h5-7H,3-4H2,1-2H3,(H,13,16)(H,11,12,14)/t6-,7-/m0/s1. The Morgan fingerprint density at radius 3 is 3.00 bits per heavy atom. The molecule has 0 spiro atoms. The molecule has 2 rings (SSSR count). The molecule has 8 nitrogen and oxygen atoms in total. The van der Waals surface area contributed by atoms with Crippen molar-refractivity contribution in [3.05, 3.63) is 12.2 Å². The van der Waals surface area contributed by atoms with Gasteiger partial charge in [-0.25, -0.2) is 4.98 Å². The molecule has 0 saturated carbocycles. The highest BCUT2D eigenvalue weighted by molar-refractivity contribution is 5.90. The number of rotatable bonds is 3. The van der Waals surface area contributed by atoms with Crippen LogP contribution < -0.4 is 5.32 Å². The lowest BCUT2D eigenvalue weighted by Gasteiger charge is -2.15. The normalized spacial score (nSPS) is 23.9. The van der Waals surface area contributed by atoms with Gasteiger partial charge in [-0.05, 0) is 13.5 Å². The topological polar surface area (TPSA) is 100 Å². The summed E-state index contributed by atoms with van der Waals surface area (Å²) in [5, 5.41) is 8.90. The minimum Gasteiger partial charge on any atom is -0.468 e. The number of esters is 1. The van der Waals surface area contributed by atoms with Crippen LogP contribution in [0, 0.1) is 0 Å². The fourth-order valence-electron chi connectivity index (χ4n) is 2.08. The van der Waals surface area contributed by atoms with Gasteiger partial charge in [-0.15, -0.1) is 0 Å². The number of amides is 1. The van der Waals surface area contributed by atoms with Gasteiger partial charge in [0.05, 0.1) is 7.11 Å². The minimum atomic E-state index is -0.323. The number of carbonyl (C=O) groups is 2. The molecule has 18 heavy (non-hydrogen) atoms. The highest BCUT2D eigenvalue weighted by atomic mass is 16.5. The van der Waals surface area contributed by atoms with Crippen molar-refractivity contribution in [1.29, 1.82) is 0 Å². The van der Waals surface area contributed by atoms with Crippen LogP contribution in [0.15, 0.2) is 6.33 Å². The van der Waals surface area contributed by atoms with Gasteiger partial charge >= 0.3 is 5.97 Å². The maximum absolute atomic E-state index is 11.7. The summed E-state index contributed by atoms with van der Waals surface area (Å²) in [5.74, 6) is -0.440. The number of hydrogen-bond donors (Lipinski definition) is 2. The fraction of sp³-hybridized carbons (Fsp3) is 0.600. The van der Waals surface area contributed by atoms with E-state index in [9.17, 15) is 9.59 Å². The van der Waals surface area contributed by atoms with Crippen molar-refractivity contribution < 1.29 is 14.3 Å². The molecule has 8 heteroatoms. The molecule has 1 fully saturated rings. The van der Waals surface area contributed by atoms with Crippen LogP contribution >= 0.6 is 0 Å². The summed E-state index contributed by atoms with van der Waals surface area (Å²) in [5.41, 5.74) is 0. The number of aromatic amines is 1. The van der Waals surface area contributed by atoms with E-state index >= 15 is 0 Å². The summed E-state index contributed by atoms with van der Waals surface area (Å²) in [6.45, 7) is 0.597. The zero-order valence-corrected chi connectivity index (χ0v) is 10.2. The van der Waals surface area contributed by atoms with E-state index in [4.69, 9.17) is 4.74 Å². The van der Waals surface area contributed by atoms with Crippen molar-refractivity contribution in [2.45, 2.75) is 18.5 Å². The molecule has 1 saturated heterocycles. The number of hydrogen-bond acceptors (Lipinski definition) is 6. The molecule has 1 aromatic rings. The fourth-order valence-corrected chi connectivity index (χ4v) is 2.08. The Labute approximate surface area is 104 Å². The van der Waals surface area contributed by atoms with Crippen molar-refractivity contribution in [2.24, 2.45) is 0 Å². The van der Waals surface area contributed by atoms with Crippen LogP contribution in [0.5, 0.6) is 0 Å². The molecule has 0 aromatic carbocycles. The third-order valence-corrected chi connectivity index (χ3v) is 2.99. The minimum absolute atomic E-state index is 0.100. The Morgan fingerprint density at radius 1 is 1.61 bits per heavy atom. The first kappa shape index (κ1) is 12.5. The van der Waals surface area contributed by atoms with Crippen molar-refractivity contribution in [3.63, 3.8) is 0 Å². The molecule has 98 valence electrons. The van der Waals surface area contributed by atoms with Crippen LogP contribution in [0.4, 0.5) is 0 Å². The van der Waals surface area contributed by atoms with Crippen molar-refractivity contribution in [3.8, 4) is 0 Å². The third-order valence-electron chi connectivity index (χ3n) is 2.99. The van der Waals surface area contributed by atoms with E-state index in [0.717, 1.165) is 0 Å². The molecular weight excluding hydrogens is 238 g/mol. The Balaban J connectivity index is 1.93. The molecule has 0 radical (unpaired) electrons. The molecule has 1 aliphatic heterocycles. The van der Waals surface area contributed by atoms with Crippen molar-refractivity contribution >= 4 is 11.9 Å². The molecule has 1 aromatic heterocycles. The second-order valence-corrected chi connectivity index (χ2v) is 4.22. The highest BCUT2D eigenvalue weighted by Gasteiger charge is 2.36. The van der Waals surface area contributed by atoms with E-state index in [-0.39, 0.29) is 29.8 Å². The monoisotopic (exact) mass is 253 g/mol. The van der Waals surface area contributed by atoms with Gasteiger partial charge in [-0.2, -0.15) is 5.10 Å². The lowest BCUT2D eigenvalue weighted by Crippen LogP contribution is -2.37. The van der Waals surface area contributed by atoms with Crippen LogP contribution in [0.3, 0.4) is 0 Å². The van der Waals surface area contributed by atoms with Gasteiger partial charge in [-0.3, -0.25) is 19.6 Å². The van der Waals surface area contributed by atoms with Crippen LogP contribution in [0.25, 0.3) is 0 Å². The van der Waals surface area contributed by atoms with Gasteiger partial charge in [0.2, 0.25) is 5.82 Å². The summed E-state index contributed by atoms with van der Waals surface area (Å²) in [7, 11) is 3.18. The van der Waals surface area contributed by atoms with Crippen LogP contribution in [-0.4, -0.2) is 64.7 Å². The second kappa shape index (κ2) is 5.13. The summed E-state index contributed by atoms with van der Waals surface area (Å²) >= 11 is 0. The Morgan fingerprint density at radius 2 is 2.39 bits per heavy atom. The number of nitrogens with one attached hydrogen (secondary N) is 2. The molecule has 0 bridgehead atoms. The summed E-state index contributed by atoms with van der Waals surface area (Å²) in [4.78, 5) is 28.8. The smallest absolute Gasteiger partial charge is 0.323 e. The van der Waals surface area contributed by atoms with E-state index in [1.807, 2.05) is 11.9 Å². The first-order valence-corrected chi connectivity index (χ1v) is 5.56. The zero-order chi connectivity index (χ0) is 13.1. The highest BCUT2D eigenvalue weighted by Crippen LogP contribution is 2.17. The zero-order valence-electron chi connectivity index (χ0n) is 10.2. The van der Waals surface area contributed by atoms with Crippen molar-refractivity contribution in [2.75, 3.05) is 20.7 Å². The summed E-state index contributed by atoms with van der Waals surface area (Å²) < 4.78 is 4.71. The largest absolute Gasteiger partial charge is 0.468 e. The molecule has 2 heterocycles. The number of likely N-dealkylation sites (tertiary alicyclic amines) is 1. The van der Waals surface area contributed by atoms with Gasteiger partial charge in [-0.1, -0.05) is 0 Å². The molecule has 0 aliphatic carbocycles. The first-order valence-electron chi connectivity index (χ1n) is 5.56. The van der Waals surface area contributed by atoms with Gasteiger partial charge in [0.15, 0.2) is 0 Å². The second-order valence-electron chi connectivity index (χ2n) is 4.22. The van der Waals surface area contributed by atoms with Gasteiger partial charge in [0.1, 0.15) is 12.4 Å². The number of methoxy groups -OCH3 is 1. The predicted molar refractivity (Wildman–Crippen MR) is 60.7 cm³/mol. The average Bonchev–Trinajstić information content (AvgIpc) is 2.97.